The Hall–Kier alpha value is -2.31. The molecule has 0 saturated carbocycles. The molecule has 1 atom stereocenters. The monoisotopic (exact) mass is 479 g/mol. The Morgan fingerprint density at radius 3 is 2.21 bits per heavy atom. The number of hydrogen-bond acceptors (Lipinski definition) is 4. The SMILES string of the molecule is O=C(NCCCN1CCN(C(c2ccccc2)c2ccccc2)CC1)C1=CC=CC(Cl)C1=S. The first-order chi connectivity index (χ1) is 16.1. The fourth-order valence-corrected chi connectivity index (χ4v) is 4.93. The number of carbonyl (C=O) groups is 1. The summed E-state index contributed by atoms with van der Waals surface area (Å²) in [5, 5.41) is 2.61. The first kappa shape index (κ1) is 23.8. The van der Waals surface area contributed by atoms with E-state index >= 15 is 0 Å². The van der Waals surface area contributed by atoms with Gasteiger partial charge in [0, 0.05) is 37.6 Å². The molecule has 1 aliphatic heterocycles. The van der Waals surface area contributed by atoms with E-state index in [1.54, 1.807) is 18.2 Å². The molecule has 4 rings (SSSR count). The first-order valence-electron chi connectivity index (χ1n) is 11.5. The van der Waals surface area contributed by atoms with Gasteiger partial charge >= 0.3 is 0 Å². The number of alkyl halides is 1. The molecule has 4 nitrogen and oxygen atoms in total. The minimum atomic E-state index is -0.377. The largest absolute Gasteiger partial charge is 0.352 e. The average molecular weight is 480 g/mol. The second-order valence-electron chi connectivity index (χ2n) is 8.44. The number of allylic oxidation sites excluding steroid dienone is 3. The highest BCUT2D eigenvalue weighted by Crippen LogP contribution is 2.29. The predicted octanol–water partition coefficient (Wildman–Crippen LogP) is 4.37. The molecule has 0 bridgehead atoms. The lowest BCUT2D eigenvalue weighted by Gasteiger charge is -2.39. The summed E-state index contributed by atoms with van der Waals surface area (Å²) < 4.78 is 0. The Morgan fingerprint density at radius 1 is 1.00 bits per heavy atom. The molecule has 1 unspecified atom stereocenters. The molecule has 6 heteroatoms. The van der Waals surface area contributed by atoms with Crippen molar-refractivity contribution in [3.05, 3.63) is 95.6 Å². The highest BCUT2D eigenvalue weighted by molar-refractivity contribution is 7.81. The van der Waals surface area contributed by atoms with Crippen molar-refractivity contribution in [3.8, 4) is 0 Å². The molecule has 1 heterocycles. The van der Waals surface area contributed by atoms with E-state index in [4.69, 9.17) is 23.8 Å². The molecule has 2 aromatic rings. The van der Waals surface area contributed by atoms with Crippen molar-refractivity contribution in [2.45, 2.75) is 17.8 Å². The molecule has 0 radical (unpaired) electrons. The molecule has 2 aromatic carbocycles. The zero-order valence-corrected chi connectivity index (χ0v) is 20.3. The maximum absolute atomic E-state index is 12.4. The number of benzene rings is 2. The quantitative estimate of drug-likeness (QED) is 0.346. The Bertz CT molecular complexity index is 961. The zero-order valence-electron chi connectivity index (χ0n) is 18.7. The Morgan fingerprint density at radius 2 is 1.61 bits per heavy atom. The second kappa shape index (κ2) is 11.7. The van der Waals surface area contributed by atoms with Gasteiger partial charge in [0.25, 0.3) is 5.91 Å². The zero-order chi connectivity index (χ0) is 23.0. The molecule has 172 valence electrons. The Labute approximate surface area is 206 Å². The van der Waals surface area contributed by atoms with Crippen molar-refractivity contribution in [2.75, 3.05) is 39.3 Å². The van der Waals surface area contributed by atoms with E-state index in [1.165, 1.54) is 11.1 Å². The van der Waals surface area contributed by atoms with Crippen molar-refractivity contribution in [1.29, 1.82) is 0 Å². The lowest BCUT2D eigenvalue weighted by atomic mass is 9.96. The van der Waals surface area contributed by atoms with Crippen molar-refractivity contribution in [3.63, 3.8) is 0 Å². The van der Waals surface area contributed by atoms with Crippen molar-refractivity contribution in [2.24, 2.45) is 0 Å². The van der Waals surface area contributed by atoms with Crippen LogP contribution in [0.2, 0.25) is 0 Å². The van der Waals surface area contributed by atoms with Crippen molar-refractivity contribution >= 4 is 34.6 Å². The normalized spacial score (nSPS) is 19.5. The molecule has 1 N–H and O–H groups in total. The number of nitrogens with zero attached hydrogens (tertiary/aromatic N) is 2. The highest BCUT2D eigenvalue weighted by Gasteiger charge is 2.26. The molecule has 0 aromatic heterocycles. The molecule has 2 aliphatic rings. The van der Waals surface area contributed by atoms with Gasteiger partial charge in [0.15, 0.2) is 0 Å². The molecule has 33 heavy (non-hydrogen) atoms. The maximum Gasteiger partial charge on any atom is 0.252 e. The van der Waals surface area contributed by atoms with E-state index in [0.29, 0.717) is 17.0 Å². The lowest BCUT2D eigenvalue weighted by molar-refractivity contribution is -0.117. The van der Waals surface area contributed by atoms with E-state index in [1.807, 2.05) is 0 Å². The summed E-state index contributed by atoms with van der Waals surface area (Å²) in [5.41, 5.74) is 3.18. The fraction of sp³-hybridized carbons (Fsp3) is 0.333. The van der Waals surface area contributed by atoms with Crippen LogP contribution in [0.4, 0.5) is 0 Å². The molecule has 0 spiro atoms. The standard InChI is InChI=1S/C27H30ClN3OS/c28-24-14-7-13-23(26(24)33)27(32)29-15-8-16-30-17-19-31(20-18-30)25(21-9-3-1-4-10-21)22-11-5-2-6-12-22/h1-7,9-14,24-25H,8,15-20H2,(H,29,32). The number of rotatable bonds is 8. The van der Waals surface area contributed by atoms with Crippen LogP contribution in [0, 0.1) is 0 Å². The van der Waals surface area contributed by atoms with Gasteiger partial charge in [-0.1, -0.05) is 85.0 Å². The number of carbonyl (C=O) groups excluding carboxylic acids is 1. The summed E-state index contributed by atoms with van der Waals surface area (Å²) in [5.74, 6) is -0.131. The van der Waals surface area contributed by atoms with E-state index in [2.05, 4.69) is 75.8 Å². The highest BCUT2D eigenvalue weighted by atomic mass is 35.5. The topological polar surface area (TPSA) is 35.6 Å². The van der Waals surface area contributed by atoms with Crippen LogP contribution in [0.5, 0.6) is 0 Å². The van der Waals surface area contributed by atoms with Gasteiger partial charge in [0.1, 0.15) is 0 Å². The number of hydrogen-bond donors (Lipinski definition) is 1. The summed E-state index contributed by atoms with van der Waals surface area (Å²) in [6.45, 7) is 5.69. The van der Waals surface area contributed by atoms with Crippen molar-refractivity contribution in [1.82, 2.24) is 15.1 Å². The summed E-state index contributed by atoms with van der Waals surface area (Å²) in [7, 11) is 0. The van der Waals surface area contributed by atoms with Gasteiger partial charge < -0.3 is 10.2 Å². The van der Waals surface area contributed by atoms with Crippen LogP contribution in [-0.4, -0.2) is 65.2 Å². The van der Waals surface area contributed by atoms with E-state index in [9.17, 15) is 4.79 Å². The first-order valence-corrected chi connectivity index (χ1v) is 12.4. The minimum absolute atomic E-state index is 0.131. The van der Waals surface area contributed by atoms with Crippen LogP contribution >= 0.6 is 23.8 Å². The summed E-state index contributed by atoms with van der Waals surface area (Å²) in [6, 6.07) is 21.8. The predicted molar refractivity (Wildman–Crippen MR) is 140 cm³/mol. The number of thiocarbonyl (C=S) groups is 1. The molecule has 1 aliphatic carbocycles. The van der Waals surface area contributed by atoms with Gasteiger partial charge in [0.2, 0.25) is 0 Å². The smallest absolute Gasteiger partial charge is 0.252 e. The molecule has 1 saturated heterocycles. The molecular weight excluding hydrogens is 450 g/mol. The molecule has 1 amide bonds. The van der Waals surface area contributed by atoms with E-state index in [0.717, 1.165) is 39.1 Å². The van der Waals surface area contributed by atoms with Crippen LogP contribution < -0.4 is 5.32 Å². The Balaban J connectivity index is 1.25. The second-order valence-corrected chi connectivity index (χ2v) is 9.35. The van der Waals surface area contributed by atoms with E-state index in [-0.39, 0.29) is 17.3 Å². The number of nitrogens with one attached hydrogen (secondary N) is 1. The third-order valence-corrected chi connectivity index (χ3v) is 7.21. The lowest BCUT2D eigenvalue weighted by Crippen LogP contribution is -2.48. The molecule has 1 fully saturated rings. The Kier molecular flexibility index (Phi) is 8.46. The van der Waals surface area contributed by atoms with Crippen molar-refractivity contribution < 1.29 is 4.79 Å². The number of amides is 1. The maximum atomic E-state index is 12.4. The third kappa shape index (κ3) is 6.18. The third-order valence-electron chi connectivity index (χ3n) is 6.24. The number of halogens is 1. The van der Waals surface area contributed by atoms with Gasteiger partial charge in [-0.15, -0.1) is 11.6 Å². The summed E-state index contributed by atoms with van der Waals surface area (Å²) in [4.78, 5) is 18.0. The van der Waals surface area contributed by atoms with Gasteiger partial charge in [0.05, 0.1) is 17.0 Å². The fourth-order valence-electron chi connectivity index (χ4n) is 4.48. The van der Waals surface area contributed by atoms with Crippen LogP contribution in [0.25, 0.3) is 0 Å². The average Bonchev–Trinajstić information content (AvgIpc) is 2.86. The summed E-state index contributed by atoms with van der Waals surface area (Å²) >= 11 is 11.4. The minimum Gasteiger partial charge on any atom is -0.352 e. The van der Waals surface area contributed by atoms with Gasteiger partial charge in [-0.3, -0.25) is 9.69 Å². The van der Waals surface area contributed by atoms with Crippen LogP contribution in [0.1, 0.15) is 23.6 Å². The van der Waals surface area contributed by atoms with E-state index < -0.39 is 0 Å². The van der Waals surface area contributed by atoms with Gasteiger partial charge in [-0.25, -0.2) is 0 Å². The summed E-state index contributed by atoms with van der Waals surface area (Å²) in [6.07, 6.45) is 6.23. The van der Waals surface area contributed by atoms with Gasteiger partial charge in [-0.2, -0.15) is 0 Å². The van der Waals surface area contributed by atoms with Crippen LogP contribution in [0.15, 0.2) is 84.5 Å². The van der Waals surface area contributed by atoms with Gasteiger partial charge in [-0.05, 0) is 30.2 Å². The van der Waals surface area contributed by atoms with Crippen LogP contribution in [-0.2, 0) is 4.79 Å². The van der Waals surface area contributed by atoms with Crippen LogP contribution in [0.3, 0.4) is 0 Å². The number of piperazine rings is 1. The molecular formula is C27H30ClN3OS.